The highest BCUT2D eigenvalue weighted by Gasteiger charge is 2.56. The summed E-state index contributed by atoms with van der Waals surface area (Å²) >= 11 is 2.37. The van der Waals surface area contributed by atoms with Crippen molar-refractivity contribution >= 4 is 61.8 Å². The number of benzene rings is 5. The Balaban J connectivity index is 1.06. The van der Waals surface area contributed by atoms with Crippen molar-refractivity contribution in [1.29, 1.82) is 0 Å². The minimum atomic E-state index is -4.12. The number of rotatable bonds is 15. The van der Waals surface area contributed by atoms with Gasteiger partial charge in [0.25, 0.3) is 11.8 Å². The largest absolute Gasteiger partial charge is 0.448 e. The van der Waals surface area contributed by atoms with Gasteiger partial charge in [0.05, 0.1) is 12.0 Å². The van der Waals surface area contributed by atoms with Gasteiger partial charge in [0.15, 0.2) is 28.4 Å². The Kier molecular flexibility index (Phi) is 12.2. The summed E-state index contributed by atoms with van der Waals surface area (Å²) in [6, 6.07) is 46.8. The lowest BCUT2D eigenvalue weighted by Gasteiger charge is -2.49. The normalized spacial score (nSPS) is 16.5. The molecule has 16 heteroatoms. The van der Waals surface area contributed by atoms with E-state index in [0.29, 0.717) is 16.3 Å². The molecule has 5 aromatic carbocycles. The SMILES string of the molecule is CO/N=C(\C(=O)N[C@@H]1C(=O)N2C(C(=O)OC(c3ccccc3)c3ccccc3)=C(OS(C)(=O)=O)CS[C@H]12)c1csc(NC(c2ccccc2)(c2ccccc2)c2ccccc2)n1. The van der Waals surface area contributed by atoms with Gasteiger partial charge in [0, 0.05) is 5.38 Å². The molecule has 2 amide bonds. The number of β-lactam (4-membered cyclic amide) rings is 1. The fourth-order valence-electron chi connectivity index (χ4n) is 7.46. The molecule has 0 unspecified atom stereocenters. The Morgan fingerprint density at radius 1 is 0.806 bits per heavy atom. The van der Waals surface area contributed by atoms with Gasteiger partial charge in [-0.25, -0.2) is 9.78 Å². The van der Waals surface area contributed by atoms with Crippen LogP contribution in [-0.4, -0.2) is 72.3 Å². The van der Waals surface area contributed by atoms with Crippen LogP contribution in [0.15, 0.2) is 174 Å². The van der Waals surface area contributed by atoms with Gasteiger partial charge in [-0.2, -0.15) is 8.42 Å². The predicted octanol–water partition coefficient (Wildman–Crippen LogP) is 6.82. The number of ether oxygens (including phenoxy) is 1. The molecule has 1 saturated heterocycles. The van der Waals surface area contributed by atoms with Crippen molar-refractivity contribution in [1.82, 2.24) is 15.2 Å². The van der Waals surface area contributed by atoms with Crippen LogP contribution in [0.3, 0.4) is 0 Å². The van der Waals surface area contributed by atoms with Crippen LogP contribution in [0.2, 0.25) is 0 Å². The second kappa shape index (κ2) is 18.1. The summed E-state index contributed by atoms with van der Waals surface area (Å²) in [5, 5.41) is 11.8. The van der Waals surface area contributed by atoms with E-state index >= 15 is 0 Å². The fourth-order valence-corrected chi connectivity index (χ4v) is 10.0. The quantitative estimate of drug-likeness (QED) is 0.0278. The molecule has 314 valence electrons. The minimum absolute atomic E-state index is 0.119. The summed E-state index contributed by atoms with van der Waals surface area (Å²) in [4.78, 5) is 53.3. The summed E-state index contributed by atoms with van der Waals surface area (Å²) in [5.74, 6) is -2.82. The van der Waals surface area contributed by atoms with Gasteiger partial charge in [-0.05, 0) is 27.8 Å². The second-order valence-corrected chi connectivity index (χ2v) is 17.7. The summed E-state index contributed by atoms with van der Waals surface area (Å²) in [6.45, 7) is 0. The number of carbonyl (C=O) groups is 3. The minimum Gasteiger partial charge on any atom is -0.448 e. The van der Waals surface area contributed by atoms with E-state index in [1.165, 1.54) is 18.4 Å². The first-order valence-corrected chi connectivity index (χ1v) is 23.0. The number of carbonyl (C=O) groups excluding carboxylic acids is 3. The first-order chi connectivity index (χ1) is 30.1. The van der Waals surface area contributed by atoms with Crippen molar-refractivity contribution in [3.63, 3.8) is 0 Å². The van der Waals surface area contributed by atoms with Crippen molar-refractivity contribution in [3.8, 4) is 0 Å². The van der Waals surface area contributed by atoms with E-state index in [1.807, 2.05) is 103 Å². The number of amides is 2. The average Bonchev–Trinajstić information content (AvgIpc) is 3.76. The zero-order chi connectivity index (χ0) is 43.3. The Bertz CT molecular complexity index is 2600. The lowest BCUT2D eigenvalue weighted by atomic mass is 9.77. The molecule has 6 aromatic rings. The van der Waals surface area contributed by atoms with Crippen LogP contribution in [0, 0.1) is 0 Å². The van der Waals surface area contributed by atoms with Crippen molar-refractivity contribution in [2.24, 2.45) is 5.16 Å². The molecule has 2 aliphatic rings. The molecule has 1 fully saturated rings. The molecule has 8 rings (SSSR count). The molecule has 0 spiro atoms. The molecular weight excluding hydrogens is 847 g/mol. The summed E-state index contributed by atoms with van der Waals surface area (Å²) in [5.41, 5.74) is 2.88. The Morgan fingerprint density at radius 3 is 1.79 bits per heavy atom. The number of thioether (sulfide) groups is 1. The number of anilines is 1. The molecule has 2 N–H and O–H groups in total. The van der Waals surface area contributed by atoms with E-state index < -0.39 is 51.0 Å². The van der Waals surface area contributed by atoms with Crippen molar-refractivity contribution in [2.75, 3.05) is 24.4 Å². The van der Waals surface area contributed by atoms with E-state index in [2.05, 4.69) is 15.8 Å². The second-order valence-electron chi connectivity index (χ2n) is 14.2. The van der Waals surface area contributed by atoms with Gasteiger partial charge in [-0.15, -0.1) is 23.1 Å². The number of hydrogen-bond acceptors (Lipinski definition) is 13. The summed E-state index contributed by atoms with van der Waals surface area (Å²) in [6.07, 6.45) is -0.0568. The first-order valence-electron chi connectivity index (χ1n) is 19.3. The zero-order valence-corrected chi connectivity index (χ0v) is 35.7. The van der Waals surface area contributed by atoms with Gasteiger partial charge >= 0.3 is 16.1 Å². The number of nitrogens with zero attached hydrogens (tertiary/aromatic N) is 3. The number of thiazole rings is 1. The third-order valence-electron chi connectivity index (χ3n) is 10.2. The van der Waals surface area contributed by atoms with Crippen molar-refractivity contribution in [2.45, 2.75) is 23.1 Å². The van der Waals surface area contributed by atoms with Gasteiger partial charge in [0.1, 0.15) is 29.8 Å². The zero-order valence-electron chi connectivity index (χ0n) is 33.3. The average molecular weight is 886 g/mol. The maximum atomic E-state index is 14.2. The lowest BCUT2D eigenvalue weighted by molar-refractivity contribution is -0.154. The van der Waals surface area contributed by atoms with Crippen molar-refractivity contribution < 1.29 is 36.6 Å². The summed E-state index contributed by atoms with van der Waals surface area (Å²) < 4.78 is 36.1. The maximum Gasteiger partial charge on any atom is 0.359 e. The van der Waals surface area contributed by atoms with Gasteiger partial charge in [-0.3, -0.25) is 14.5 Å². The van der Waals surface area contributed by atoms with Crippen LogP contribution in [0.1, 0.15) is 39.6 Å². The third kappa shape index (κ3) is 8.57. The number of aromatic nitrogens is 1. The van der Waals surface area contributed by atoms with E-state index in [9.17, 15) is 22.8 Å². The van der Waals surface area contributed by atoms with Crippen LogP contribution < -0.4 is 10.6 Å². The lowest BCUT2D eigenvalue weighted by Crippen LogP contribution is -2.71. The van der Waals surface area contributed by atoms with Crippen LogP contribution in [-0.2, 0) is 43.8 Å². The van der Waals surface area contributed by atoms with Gasteiger partial charge in [0.2, 0.25) is 0 Å². The molecule has 0 aliphatic carbocycles. The topological polar surface area (TPSA) is 166 Å². The fraction of sp³-hybridized carbons (Fsp3) is 0.152. The number of oxime groups is 1. The smallest absolute Gasteiger partial charge is 0.359 e. The van der Waals surface area contributed by atoms with E-state index in [0.717, 1.165) is 39.6 Å². The Labute approximate surface area is 366 Å². The Morgan fingerprint density at radius 2 is 1.31 bits per heavy atom. The molecule has 1 aromatic heterocycles. The number of nitrogens with one attached hydrogen (secondary N) is 2. The van der Waals surface area contributed by atoms with Crippen LogP contribution in [0.4, 0.5) is 5.13 Å². The van der Waals surface area contributed by atoms with E-state index in [-0.39, 0.29) is 28.6 Å². The first kappa shape index (κ1) is 42.0. The van der Waals surface area contributed by atoms with Crippen LogP contribution in [0.25, 0.3) is 0 Å². The predicted molar refractivity (Wildman–Crippen MR) is 237 cm³/mol. The molecule has 0 radical (unpaired) electrons. The molecule has 62 heavy (non-hydrogen) atoms. The maximum absolute atomic E-state index is 14.2. The molecule has 2 aliphatic heterocycles. The number of hydrogen-bond donors (Lipinski definition) is 2. The third-order valence-corrected chi connectivity index (χ3v) is 12.7. The molecule has 0 bridgehead atoms. The monoisotopic (exact) mass is 885 g/mol. The standard InChI is InChI=1S/C46H39N5O8S3/c1-57-50-37(35-28-61-45(47-35)49-46(32-22-12-5-13-23-32,33-24-14-6-15-25-33)34-26-16-7-17-27-34)41(52)48-38-42(53)51-39(36(29-60-43(38)51)59-62(2,55)56)44(54)58-40(30-18-8-3-9-19-30)31-20-10-4-11-21-31/h3-28,38,40,43H,29H2,1-2H3,(H,47,49)(H,48,52)/b50-37-/t38-,43-/m1/s1. The highest BCUT2D eigenvalue weighted by atomic mass is 32.2. The van der Waals surface area contributed by atoms with Crippen LogP contribution >= 0.6 is 23.1 Å². The molecule has 0 saturated carbocycles. The number of esters is 1. The summed E-state index contributed by atoms with van der Waals surface area (Å²) in [7, 11) is -2.83. The molecular formula is C46H39N5O8S3. The van der Waals surface area contributed by atoms with Crippen LogP contribution in [0.5, 0.6) is 0 Å². The van der Waals surface area contributed by atoms with Gasteiger partial charge < -0.3 is 24.4 Å². The highest BCUT2D eigenvalue weighted by molar-refractivity contribution is 8.00. The molecule has 2 atom stereocenters. The molecule has 13 nitrogen and oxygen atoms in total. The molecule has 3 heterocycles. The van der Waals surface area contributed by atoms with E-state index in [4.69, 9.17) is 18.7 Å². The number of fused-ring (bicyclic) bond motifs is 1. The highest BCUT2D eigenvalue weighted by Crippen LogP contribution is 2.43. The van der Waals surface area contributed by atoms with Crippen molar-refractivity contribution in [3.05, 3.63) is 202 Å². The van der Waals surface area contributed by atoms with E-state index in [1.54, 1.807) is 53.9 Å². The van der Waals surface area contributed by atoms with Gasteiger partial charge in [-0.1, -0.05) is 157 Å². The Hall–Kier alpha value is -6.75.